The van der Waals surface area contributed by atoms with Gasteiger partial charge in [0.15, 0.2) is 6.10 Å². The lowest BCUT2D eigenvalue weighted by Gasteiger charge is -2.19. The van der Waals surface area contributed by atoms with Crippen LogP contribution < -0.4 is 5.32 Å². The average Bonchev–Trinajstić information content (AvgIpc) is 2.92. The van der Waals surface area contributed by atoms with Crippen molar-refractivity contribution in [3.8, 4) is 0 Å². The summed E-state index contributed by atoms with van der Waals surface area (Å²) in [6.45, 7) is 3.06. The molecule has 1 fully saturated rings. The Balaban J connectivity index is 2.55. The van der Waals surface area contributed by atoms with E-state index in [1.807, 2.05) is 19.2 Å². The number of carboxylic acids is 1. The summed E-state index contributed by atoms with van der Waals surface area (Å²) in [5.74, 6) is -0.234. The van der Waals surface area contributed by atoms with Crippen molar-refractivity contribution in [3.63, 3.8) is 0 Å². The molecule has 0 aromatic rings. The van der Waals surface area contributed by atoms with E-state index in [0.29, 0.717) is 31.0 Å². The van der Waals surface area contributed by atoms with Crippen LogP contribution >= 0.6 is 0 Å². The lowest BCUT2D eigenvalue weighted by molar-refractivity contribution is -0.146. The summed E-state index contributed by atoms with van der Waals surface area (Å²) >= 11 is 0. The Morgan fingerprint density at radius 3 is 2.67 bits per heavy atom. The number of unbranched alkanes of at least 4 members (excludes halogenated alkanes) is 4. The van der Waals surface area contributed by atoms with Gasteiger partial charge in [-0.3, -0.25) is 4.79 Å². The normalized spacial score (nSPS) is 24.3. The number of Topliss-reactive ketones (excluding diaryl/α,β-unsaturated/α-hetero) is 1. The quantitative estimate of drug-likeness (QED) is 0.316. The summed E-state index contributed by atoms with van der Waals surface area (Å²) in [6.07, 6.45) is 15.1. The third kappa shape index (κ3) is 8.85. The minimum Gasteiger partial charge on any atom is -0.479 e. The van der Waals surface area contributed by atoms with Crippen LogP contribution in [0, 0.1) is 17.8 Å². The van der Waals surface area contributed by atoms with E-state index in [9.17, 15) is 14.7 Å². The first-order valence-corrected chi connectivity index (χ1v) is 10.4. The molecule has 0 aliphatic heterocycles. The number of carbonyl (C=O) groups excluding carboxylic acids is 1. The van der Waals surface area contributed by atoms with E-state index in [4.69, 9.17) is 5.11 Å². The number of allylic oxidation sites excluding steroid dienone is 4. The minimum absolute atomic E-state index is 0.0101. The highest BCUT2D eigenvalue weighted by molar-refractivity contribution is 5.84. The van der Waals surface area contributed by atoms with Crippen LogP contribution in [0.25, 0.3) is 0 Å². The van der Waals surface area contributed by atoms with Crippen LogP contribution in [-0.4, -0.2) is 41.7 Å². The van der Waals surface area contributed by atoms with E-state index in [0.717, 1.165) is 13.0 Å². The van der Waals surface area contributed by atoms with Gasteiger partial charge < -0.3 is 15.5 Å². The molecule has 0 aromatic carbocycles. The number of aliphatic hydroxyl groups is 1. The van der Waals surface area contributed by atoms with Crippen LogP contribution in [0.5, 0.6) is 0 Å². The number of hydrogen-bond acceptors (Lipinski definition) is 4. The number of ketones is 1. The van der Waals surface area contributed by atoms with Crippen LogP contribution in [0.1, 0.15) is 64.7 Å². The van der Waals surface area contributed by atoms with Gasteiger partial charge in [0.1, 0.15) is 5.78 Å². The van der Waals surface area contributed by atoms with Crippen LogP contribution in [0.3, 0.4) is 0 Å². The Morgan fingerprint density at radius 2 is 2.00 bits per heavy atom. The van der Waals surface area contributed by atoms with Crippen molar-refractivity contribution in [1.29, 1.82) is 0 Å². The Labute approximate surface area is 163 Å². The number of carboxylic acid groups (broad SMARTS) is 1. The van der Waals surface area contributed by atoms with Gasteiger partial charge >= 0.3 is 5.97 Å². The van der Waals surface area contributed by atoms with E-state index < -0.39 is 12.1 Å². The molecule has 3 N–H and O–H groups in total. The fraction of sp³-hybridized carbons (Fsp3) is 0.727. The van der Waals surface area contributed by atoms with Gasteiger partial charge in [0, 0.05) is 12.3 Å². The molecule has 154 valence electrons. The van der Waals surface area contributed by atoms with Crippen molar-refractivity contribution in [2.45, 2.75) is 70.8 Å². The summed E-state index contributed by atoms with van der Waals surface area (Å²) in [5.41, 5.74) is 0. The minimum atomic E-state index is -1.31. The van der Waals surface area contributed by atoms with Gasteiger partial charge in [-0.25, -0.2) is 4.79 Å². The van der Waals surface area contributed by atoms with Crippen LogP contribution in [0.2, 0.25) is 0 Å². The molecule has 0 saturated heterocycles. The molecule has 5 heteroatoms. The Bertz CT molecular complexity index is 501. The first-order valence-electron chi connectivity index (χ1n) is 10.4. The zero-order valence-corrected chi connectivity index (χ0v) is 16.9. The van der Waals surface area contributed by atoms with Crippen LogP contribution in [0.4, 0.5) is 0 Å². The summed E-state index contributed by atoms with van der Waals surface area (Å²) in [5, 5.41) is 21.2. The largest absolute Gasteiger partial charge is 0.479 e. The number of nitrogens with one attached hydrogen (secondary N) is 1. The summed E-state index contributed by atoms with van der Waals surface area (Å²) in [6, 6.07) is 0. The number of aliphatic carboxylic acids is 1. The molecule has 5 nitrogen and oxygen atoms in total. The van der Waals surface area contributed by atoms with Gasteiger partial charge in [0.2, 0.25) is 0 Å². The summed E-state index contributed by atoms with van der Waals surface area (Å²) in [7, 11) is 1.93. The molecule has 0 bridgehead atoms. The fourth-order valence-corrected chi connectivity index (χ4v) is 3.82. The summed E-state index contributed by atoms with van der Waals surface area (Å²) < 4.78 is 0. The van der Waals surface area contributed by atoms with Gasteiger partial charge in [-0.1, -0.05) is 50.5 Å². The van der Waals surface area contributed by atoms with Crippen molar-refractivity contribution in [3.05, 3.63) is 24.3 Å². The third-order valence-electron chi connectivity index (χ3n) is 5.38. The summed E-state index contributed by atoms with van der Waals surface area (Å²) in [4.78, 5) is 23.1. The molecule has 1 saturated carbocycles. The third-order valence-corrected chi connectivity index (χ3v) is 5.38. The lowest BCUT2D eigenvalue weighted by Crippen LogP contribution is -2.23. The molecule has 1 aliphatic carbocycles. The topological polar surface area (TPSA) is 86.6 Å². The molecule has 27 heavy (non-hydrogen) atoms. The molecular weight excluding hydrogens is 342 g/mol. The molecule has 1 unspecified atom stereocenters. The second-order valence-electron chi connectivity index (χ2n) is 7.59. The highest BCUT2D eigenvalue weighted by Crippen LogP contribution is 2.37. The smallest absolute Gasteiger partial charge is 0.332 e. The molecule has 1 aliphatic rings. The van der Waals surface area contributed by atoms with E-state index in [1.54, 1.807) is 0 Å². The standard InChI is InChI=1S/C22H37NO4/c1-3-4-5-6-7-9-12-18-17(16-23-2)15-21(25)19(18)13-10-8-11-14-20(24)22(26)27/h8-10,12,17-20,23-24H,3-7,11,13-16H2,1-2H3,(H,26,27)/b10-8-,12-9+/t17-,18-,19+,20?/m0/s1. The zero-order valence-electron chi connectivity index (χ0n) is 16.9. The Kier molecular flexibility index (Phi) is 11.9. The maximum atomic E-state index is 12.5. The molecular formula is C22H37NO4. The number of rotatable bonds is 14. The average molecular weight is 380 g/mol. The molecule has 0 heterocycles. The van der Waals surface area contributed by atoms with Crippen molar-refractivity contribution >= 4 is 11.8 Å². The molecule has 0 aromatic heterocycles. The monoisotopic (exact) mass is 379 g/mol. The predicted octanol–water partition coefficient (Wildman–Crippen LogP) is 3.73. The van der Waals surface area contributed by atoms with Gasteiger partial charge in [0.05, 0.1) is 0 Å². The number of hydrogen-bond donors (Lipinski definition) is 3. The van der Waals surface area contributed by atoms with Crippen LogP contribution in [0.15, 0.2) is 24.3 Å². The van der Waals surface area contributed by atoms with E-state index in [1.165, 1.54) is 25.7 Å². The van der Waals surface area contributed by atoms with Gasteiger partial charge in [-0.2, -0.15) is 0 Å². The van der Waals surface area contributed by atoms with Crippen molar-refractivity contribution in [1.82, 2.24) is 5.32 Å². The molecule has 4 atom stereocenters. The zero-order chi connectivity index (χ0) is 20.1. The Hall–Kier alpha value is -1.46. The number of carbonyl (C=O) groups is 2. The van der Waals surface area contributed by atoms with Crippen LogP contribution in [-0.2, 0) is 9.59 Å². The van der Waals surface area contributed by atoms with Gasteiger partial charge in [-0.05, 0) is 57.5 Å². The Morgan fingerprint density at radius 1 is 1.22 bits per heavy atom. The molecule has 1 rings (SSSR count). The highest BCUT2D eigenvalue weighted by atomic mass is 16.4. The van der Waals surface area contributed by atoms with Crippen molar-refractivity contribution in [2.75, 3.05) is 13.6 Å². The molecule has 0 amide bonds. The van der Waals surface area contributed by atoms with Gasteiger partial charge in [-0.15, -0.1) is 0 Å². The van der Waals surface area contributed by atoms with E-state index >= 15 is 0 Å². The second-order valence-corrected chi connectivity index (χ2v) is 7.59. The van der Waals surface area contributed by atoms with Gasteiger partial charge in [0.25, 0.3) is 0 Å². The van der Waals surface area contributed by atoms with Crippen molar-refractivity contribution in [2.24, 2.45) is 17.8 Å². The SMILES string of the molecule is CCCCCC/C=C/[C@H]1[C@H](CNC)CC(=O)[C@@H]1C/C=C\CCC(O)C(=O)O. The first-order chi connectivity index (χ1) is 13.0. The van der Waals surface area contributed by atoms with E-state index in [-0.39, 0.29) is 18.3 Å². The van der Waals surface area contributed by atoms with Crippen molar-refractivity contribution < 1.29 is 19.8 Å². The lowest BCUT2D eigenvalue weighted by atomic mass is 9.86. The maximum Gasteiger partial charge on any atom is 0.332 e. The first kappa shape index (κ1) is 23.6. The molecule has 0 radical (unpaired) electrons. The van der Waals surface area contributed by atoms with E-state index in [2.05, 4.69) is 24.4 Å². The fourth-order valence-electron chi connectivity index (χ4n) is 3.82. The number of aliphatic hydroxyl groups excluding tert-OH is 1. The maximum absolute atomic E-state index is 12.5. The molecule has 0 spiro atoms. The predicted molar refractivity (Wildman–Crippen MR) is 109 cm³/mol. The second kappa shape index (κ2) is 13.7. The highest BCUT2D eigenvalue weighted by Gasteiger charge is 2.39.